The van der Waals surface area contributed by atoms with Crippen molar-refractivity contribution >= 4 is 22.6 Å². The van der Waals surface area contributed by atoms with E-state index in [9.17, 15) is 9.18 Å². The Morgan fingerprint density at radius 1 is 1.28 bits per heavy atom. The minimum atomic E-state index is -0.236. The van der Waals surface area contributed by atoms with Crippen LogP contribution in [0.1, 0.15) is 24.2 Å². The average Bonchev–Trinajstić information content (AvgIpc) is 3.26. The fourth-order valence-electron chi connectivity index (χ4n) is 3.18. The van der Waals surface area contributed by atoms with Gasteiger partial charge in [0.15, 0.2) is 0 Å². The average molecular weight is 338 g/mol. The summed E-state index contributed by atoms with van der Waals surface area (Å²) in [6, 6.07) is 12.1. The van der Waals surface area contributed by atoms with Crippen molar-refractivity contribution in [1.29, 1.82) is 0 Å². The molecule has 1 aliphatic rings. The molecule has 6 heteroatoms. The minimum absolute atomic E-state index is 0.0112. The van der Waals surface area contributed by atoms with Crippen LogP contribution in [0.4, 0.5) is 10.1 Å². The predicted molar refractivity (Wildman–Crippen MR) is 95.0 cm³/mol. The highest BCUT2D eigenvalue weighted by molar-refractivity contribution is 5.96. The molecule has 1 atom stereocenters. The Balaban J connectivity index is 1.53. The molecule has 1 saturated heterocycles. The van der Waals surface area contributed by atoms with Crippen LogP contribution in [0.2, 0.25) is 0 Å². The number of carbonyl (C=O) groups is 1. The first-order valence-corrected chi connectivity index (χ1v) is 8.45. The van der Waals surface area contributed by atoms with Gasteiger partial charge >= 0.3 is 0 Å². The van der Waals surface area contributed by atoms with Crippen molar-refractivity contribution in [2.45, 2.75) is 25.3 Å². The number of aromatic nitrogens is 2. The van der Waals surface area contributed by atoms with E-state index < -0.39 is 0 Å². The third-order valence-corrected chi connectivity index (χ3v) is 4.49. The van der Waals surface area contributed by atoms with Crippen molar-refractivity contribution < 1.29 is 9.18 Å². The number of hydrogen-bond donors (Lipinski definition) is 3. The van der Waals surface area contributed by atoms with Crippen LogP contribution < -0.4 is 10.6 Å². The zero-order valence-electron chi connectivity index (χ0n) is 13.7. The molecular formula is C19H19FN4O. The summed E-state index contributed by atoms with van der Waals surface area (Å²) < 4.78 is 13.8. The highest BCUT2D eigenvalue weighted by Crippen LogP contribution is 2.20. The van der Waals surface area contributed by atoms with Gasteiger partial charge in [0, 0.05) is 12.1 Å². The van der Waals surface area contributed by atoms with Gasteiger partial charge in [-0.15, -0.1) is 0 Å². The maximum atomic E-state index is 13.8. The van der Waals surface area contributed by atoms with Crippen LogP contribution >= 0.6 is 0 Å². The van der Waals surface area contributed by atoms with Crippen molar-refractivity contribution in [3.63, 3.8) is 0 Å². The first kappa shape index (κ1) is 15.8. The zero-order chi connectivity index (χ0) is 17.2. The number of hydrogen-bond acceptors (Lipinski definition) is 3. The highest BCUT2D eigenvalue weighted by Gasteiger charge is 2.22. The molecule has 128 valence electrons. The molecule has 1 amide bonds. The molecule has 0 spiro atoms. The lowest BCUT2D eigenvalue weighted by molar-refractivity contribution is -0.117. The summed E-state index contributed by atoms with van der Waals surface area (Å²) >= 11 is 0. The van der Waals surface area contributed by atoms with Crippen LogP contribution in [0.25, 0.3) is 11.0 Å². The Kier molecular flexibility index (Phi) is 4.19. The highest BCUT2D eigenvalue weighted by atomic mass is 19.1. The fourth-order valence-corrected chi connectivity index (χ4v) is 3.18. The number of benzene rings is 2. The normalized spacial score (nSPS) is 17.1. The summed E-state index contributed by atoms with van der Waals surface area (Å²) in [5, 5.41) is 6.12. The molecule has 0 saturated carbocycles. The van der Waals surface area contributed by atoms with Crippen LogP contribution in [0.3, 0.4) is 0 Å². The van der Waals surface area contributed by atoms with E-state index in [1.54, 1.807) is 12.1 Å². The van der Waals surface area contributed by atoms with Crippen LogP contribution in [-0.4, -0.2) is 28.5 Å². The summed E-state index contributed by atoms with van der Waals surface area (Å²) in [4.78, 5) is 19.9. The van der Waals surface area contributed by atoms with E-state index >= 15 is 0 Å². The van der Waals surface area contributed by atoms with Crippen molar-refractivity contribution in [2.24, 2.45) is 0 Å². The van der Waals surface area contributed by atoms with Crippen LogP contribution in [0.5, 0.6) is 0 Å². The maximum Gasteiger partial charge on any atom is 0.241 e. The molecule has 4 rings (SSSR count). The van der Waals surface area contributed by atoms with Gasteiger partial charge in [-0.3, -0.25) is 4.79 Å². The number of anilines is 1. The first-order chi connectivity index (χ1) is 12.2. The number of carbonyl (C=O) groups excluding carboxylic acids is 1. The lowest BCUT2D eigenvalue weighted by Crippen LogP contribution is -2.35. The monoisotopic (exact) mass is 338 g/mol. The fraction of sp³-hybridized carbons (Fsp3) is 0.263. The lowest BCUT2D eigenvalue weighted by atomic mass is 10.1. The number of amides is 1. The van der Waals surface area contributed by atoms with Gasteiger partial charge < -0.3 is 15.6 Å². The van der Waals surface area contributed by atoms with Crippen molar-refractivity contribution in [2.75, 3.05) is 11.9 Å². The standard InChI is InChI=1S/C19H19FN4O/c20-14-5-2-1-4-12(14)10-18-23-15-8-7-13(11-17(15)24-18)22-19(25)16-6-3-9-21-16/h1-2,4-5,7-8,11,16,21H,3,6,9-10H2,(H,22,25)(H,23,24). The van der Waals surface area contributed by atoms with Crippen LogP contribution in [-0.2, 0) is 11.2 Å². The SMILES string of the molecule is O=C(Nc1ccc2nc(Cc3ccccc3F)[nH]c2c1)C1CCCN1. The van der Waals surface area contributed by atoms with E-state index in [1.807, 2.05) is 24.3 Å². The second-order valence-corrected chi connectivity index (χ2v) is 6.32. The molecule has 1 fully saturated rings. The van der Waals surface area contributed by atoms with E-state index in [4.69, 9.17) is 0 Å². The van der Waals surface area contributed by atoms with Crippen molar-refractivity contribution in [1.82, 2.24) is 15.3 Å². The number of halogens is 1. The second kappa shape index (κ2) is 6.64. The number of fused-ring (bicyclic) bond motifs is 1. The smallest absolute Gasteiger partial charge is 0.241 e. The molecule has 1 aromatic heterocycles. The van der Waals surface area contributed by atoms with Crippen molar-refractivity contribution in [3.05, 3.63) is 59.7 Å². The molecule has 1 aliphatic heterocycles. The molecule has 3 N–H and O–H groups in total. The zero-order valence-corrected chi connectivity index (χ0v) is 13.7. The topological polar surface area (TPSA) is 69.8 Å². The quantitative estimate of drug-likeness (QED) is 0.685. The minimum Gasteiger partial charge on any atom is -0.342 e. The molecule has 25 heavy (non-hydrogen) atoms. The number of aromatic amines is 1. The Labute approximate surface area is 144 Å². The number of H-pyrrole nitrogens is 1. The molecule has 0 radical (unpaired) electrons. The number of nitrogens with one attached hydrogen (secondary N) is 3. The van der Waals surface area contributed by atoms with E-state index in [1.165, 1.54) is 6.07 Å². The summed E-state index contributed by atoms with van der Waals surface area (Å²) in [5.41, 5.74) is 2.95. The largest absolute Gasteiger partial charge is 0.342 e. The van der Waals surface area contributed by atoms with E-state index in [0.29, 0.717) is 17.8 Å². The Morgan fingerprint density at radius 2 is 2.16 bits per heavy atom. The molecule has 0 bridgehead atoms. The molecule has 2 aromatic carbocycles. The second-order valence-electron chi connectivity index (χ2n) is 6.32. The molecule has 5 nitrogen and oxygen atoms in total. The third-order valence-electron chi connectivity index (χ3n) is 4.49. The van der Waals surface area contributed by atoms with Gasteiger partial charge in [-0.05, 0) is 49.2 Å². The molecule has 2 heterocycles. The van der Waals surface area contributed by atoms with Crippen LogP contribution in [0, 0.1) is 5.82 Å². The molecular weight excluding hydrogens is 319 g/mol. The molecule has 0 aliphatic carbocycles. The van der Waals surface area contributed by atoms with Gasteiger partial charge in [-0.25, -0.2) is 9.37 Å². The summed E-state index contributed by atoms with van der Waals surface area (Å²) in [5.74, 6) is 0.448. The first-order valence-electron chi connectivity index (χ1n) is 8.45. The van der Waals surface area contributed by atoms with Gasteiger partial charge in [0.25, 0.3) is 0 Å². The van der Waals surface area contributed by atoms with Gasteiger partial charge in [0.1, 0.15) is 11.6 Å². The number of nitrogens with zero attached hydrogens (tertiary/aromatic N) is 1. The van der Waals surface area contributed by atoms with Gasteiger partial charge in [0.2, 0.25) is 5.91 Å². The van der Waals surface area contributed by atoms with E-state index in [0.717, 1.165) is 36.1 Å². The van der Waals surface area contributed by atoms with Crippen LogP contribution in [0.15, 0.2) is 42.5 Å². The van der Waals surface area contributed by atoms with E-state index in [-0.39, 0.29) is 17.8 Å². The predicted octanol–water partition coefficient (Wildman–Crippen LogP) is 2.98. The number of imidazole rings is 1. The summed E-state index contributed by atoms with van der Waals surface area (Å²) in [7, 11) is 0. The summed E-state index contributed by atoms with van der Waals surface area (Å²) in [6.45, 7) is 0.886. The van der Waals surface area contributed by atoms with Gasteiger partial charge in [0.05, 0.1) is 17.1 Å². The molecule has 3 aromatic rings. The molecule has 1 unspecified atom stereocenters. The lowest BCUT2D eigenvalue weighted by Gasteiger charge is -2.10. The summed E-state index contributed by atoms with van der Waals surface area (Å²) in [6.07, 6.45) is 2.29. The van der Waals surface area contributed by atoms with Gasteiger partial charge in [-0.1, -0.05) is 18.2 Å². The number of rotatable bonds is 4. The maximum absolute atomic E-state index is 13.8. The Bertz CT molecular complexity index is 915. The Hall–Kier alpha value is -2.73. The van der Waals surface area contributed by atoms with E-state index in [2.05, 4.69) is 20.6 Å². The third kappa shape index (κ3) is 3.39. The van der Waals surface area contributed by atoms with Gasteiger partial charge in [-0.2, -0.15) is 0 Å². The van der Waals surface area contributed by atoms with Crippen molar-refractivity contribution in [3.8, 4) is 0 Å². The Morgan fingerprint density at radius 3 is 2.96 bits per heavy atom.